The summed E-state index contributed by atoms with van der Waals surface area (Å²) in [4.78, 5) is 3.92. The summed E-state index contributed by atoms with van der Waals surface area (Å²) >= 11 is 1.54. The highest BCUT2D eigenvalue weighted by molar-refractivity contribution is 7.89. The van der Waals surface area contributed by atoms with Gasteiger partial charge in [-0.05, 0) is 47.3 Å². The highest BCUT2D eigenvalue weighted by Crippen LogP contribution is 2.21. The standard InChI is InChI=1S/C16H12F2N2O2S2/c17-14-2-1-13(8-15(14)18)24(21,22)20-9-11-3-5-19-16(7-11)12-4-6-23-10-12/h1-8,10,20H,9H2. The number of benzene rings is 1. The maximum atomic E-state index is 13.2. The Morgan fingerprint density at radius 2 is 1.92 bits per heavy atom. The summed E-state index contributed by atoms with van der Waals surface area (Å²) in [7, 11) is -3.94. The van der Waals surface area contributed by atoms with Gasteiger partial charge in [0.1, 0.15) is 0 Å². The minimum absolute atomic E-state index is 0.0149. The van der Waals surface area contributed by atoms with Crippen LogP contribution in [0.3, 0.4) is 0 Å². The molecule has 2 aromatic heterocycles. The summed E-state index contributed by atoms with van der Waals surface area (Å²) < 4.78 is 52.8. The molecule has 3 rings (SSSR count). The predicted molar refractivity (Wildman–Crippen MR) is 87.9 cm³/mol. The molecule has 4 nitrogen and oxygen atoms in total. The van der Waals surface area contributed by atoms with Crippen molar-refractivity contribution in [3.05, 3.63) is 70.6 Å². The first kappa shape index (κ1) is 16.7. The molecule has 0 aliphatic carbocycles. The summed E-state index contributed by atoms with van der Waals surface area (Å²) in [5, 5.41) is 3.87. The predicted octanol–water partition coefficient (Wildman–Crippen LogP) is 3.57. The van der Waals surface area contributed by atoms with Crippen molar-refractivity contribution in [3.8, 4) is 11.3 Å². The smallest absolute Gasteiger partial charge is 0.240 e. The lowest BCUT2D eigenvalue weighted by Crippen LogP contribution is -2.23. The van der Waals surface area contributed by atoms with Gasteiger partial charge in [-0.3, -0.25) is 4.98 Å². The van der Waals surface area contributed by atoms with Gasteiger partial charge in [-0.15, -0.1) is 0 Å². The highest BCUT2D eigenvalue weighted by atomic mass is 32.2. The fourth-order valence-electron chi connectivity index (χ4n) is 2.06. The van der Waals surface area contributed by atoms with Gasteiger partial charge < -0.3 is 0 Å². The van der Waals surface area contributed by atoms with Crippen LogP contribution in [0, 0.1) is 11.6 Å². The number of thiophene rings is 1. The van der Waals surface area contributed by atoms with E-state index in [1.165, 1.54) is 11.3 Å². The molecule has 0 bridgehead atoms. The topological polar surface area (TPSA) is 59.1 Å². The van der Waals surface area contributed by atoms with Crippen molar-refractivity contribution in [1.82, 2.24) is 9.71 Å². The van der Waals surface area contributed by atoms with Crippen molar-refractivity contribution in [3.63, 3.8) is 0 Å². The number of hydrogen-bond donors (Lipinski definition) is 1. The molecular weight excluding hydrogens is 354 g/mol. The fraction of sp³-hybridized carbons (Fsp3) is 0.0625. The Kier molecular flexibility index (Phi) is 4.70. The second-order valence-corrected chi connectivity index (χ2v) is 7.51. The normalized spacial score (nSPS) is 11.6. The Hall–Kier alpha value is -2.16. The average Bonchev–Trinajstić information content (AvgIpc) is 3.10. The van der Waals surface area contributed by atoms with Crippen molar-refractivity contribution in [1.29, 1.82) is 0 Å². The van der Waals surface area contributed by atoms with Crippen molar-refractivity contribution in [2.24, 2.45) is 0 Å². The van der Waals surface area contributed by atoms with Gasteiger partial charge in [0.15, 0.2) is 11.6 Å². The number of nitrogens with one attached hydrogen (secondary N) is 1. The second-order valence-electron chi connectivity index (χ2n) is 4.96. The number of pyridine rings is 1. The summed E-state index contributed by atoms with van der Waals surface area (Å²) in [6, 6.07) is 7.83. The van der Waals surface area contributed by atoms with Crippen LogP contribution in [0.25, 0.3) is 11.3 Å². The van der Waals surface area contributed by atoms with E-state index in [1.807, 2.05) is 16.8 Å². The quantitative estimate of drug-likeness (QED) is 0.751. The fourth-order valence-corrected chi connectivity index (χ4v) is 3.74. The lowest BCUT2D eigenvalue weighted by Gasteiger charge is -2.08. The zero-order valence-electron chi connectivity index (χ0n) is 12.2. The Morgan fingerprint density at radius 1 is 1.08 bits per heavy atom. The van der Waals surface area contributed by atoms with Gasteiger partial charge in [0, 0.05) is 23.7 Å². The molecule has 124 valence electrons. The van der Waals surface area contributed by atoms with Gasteiger partial charge in [0.2, 0.25) is 10.0 Å². The molecule has 0 spiro atoms. The Bertz CT molecular complexity index is 958. The molecule has 0 aliphatic heterocycles. The zero-order chi connectivity index (χ0) is 17.2. The number of hydrogen-bond acceptors (Lipinski definition) is 4. The third kappa shape index (κ3) is 3.66. The molecule has 0 saturated carbocycles. The Balaban J connectivity index is 1.77. The summed E-state index contributed by atoms with van der Waals surface area (Å²) in [5.74, 6) is -2.30. The van der Waals surface area contributed by atoms with Crippen LogP contribution in [0.4, 0.5) is 8.78 Å². The maximum Gasteiger partial charge on any atom is 0.240 e. The Labute approximate surface area is 141 Å². The van der Waals surface area contributed by atoms with Gasteiger partial charge in [0.25, 0.3) is 0 Å². The monoisotopic (exact) mass is 366 g/mol. The highest BCUT2D eigenvalue weighted by Gasteiger charge is 2.16. The number of halogens is 2. The van der Waals surface area contributed by atoms with E-state index in [9.17, 15) is 17.2 Å². The number of rotatable bonds is 5. The molecule has 0 amide bonds. The minimum atomic E-state index is -3.94. The van der Waals surface area contributed by atoms with Crippen LogP contribution < -0.4 is 4.72 Å². The maximum absolute atomic E-state index is 13.2. The number of sulfonamides is 1. The van der Waals surface area contributed by atoms with Crippen LogP contribution in [0.1, 0.15) is 5.56 Å². The van der Waals surface area contributed by atoms with E-state index in [0.29, 0.717) is 11.6 Å². The van der Waals surface area contributed by atoms with Crippen LogP contribution >= 0.6 is 11.3 Å². The van der Waals surface area contributed by atoms with E-state index < -0.39 is 21.7 Å². The number of nitrogens with zero attached hydrogens (tertiary/aromatic N) is 1. The molecule has 0 radical (unpaired) electrons. The minimum Gasteiger partial charge on any atom is -0.256 e. The average molecular weight is 366 g/mol. The van der Waals surface area contributed by atoms with Gasteiger partial charge in [-0.1, -0.05) is 0 Å². The third-order valence-corrected chi connectivity index (χ3v) is 5.39. The van der Waals surface area contributed by atoms with Crippen molar-refractivity contribution < 1.29 is 17.2 Å². The van der Waals surface area contributed by atoms with E-state index in [-0.39, 0.29) is 11.4 Å². The first-order valence-electron chi connectivity index (χ1n) is 6.88. The molecule has 0 fully saturated rings. The zero-order valence-corrected chi connectivity index (χ0v) is 13.9. The van der Waals surface area contributed by atoms with Gasteiger partial charge in [-0.25, -0.2) is 21.9 Å². The molecule has 0 unspecified atom stereocenters. The largest absolute Gasteiger partial charge is 0.256 e. The van der Waals surface area contributed by atoms with E-state index in [0.717, 1.165) is 23.4 Å². The first-order valence-corrected chi connectivity index (χ1v) is 9.30. The van der Waals surface area contributed by atoms with Gasteiger partial charge in [0.05, 0.1) is 10.6 Å². The van der Waals surface area contributed by atoms with E-state index in [4.69, 9.17) is 0 Å². The molecule has 2 heterocycles. The van der Waals surface area contributed by atoms with Gasteiger partial charge >= 0.3 is 0 Å². The van der Waals surface area contributed by atoms with Crippen molar-refractivity contribution >= 4 is 21.4 Å². The van der Waals surface area contributed by atoms with Crippen LogP contribution in [-0.4, -0.2) is 13.4 Å². The molecule has 3 aromatic rings. The van der Waals surface area contributed by atoms with Crippen LogP contribution in [0.5, 0.6) is 0 Å². The molecule has 0 aliphatic rings. The SMILES string of the molecule is O=S(=O)(NCc1ccnc(-c2ccsc2)c1)c1ccc(F)c(F)c1. The Morgan fingerprint density at radius 3 is 2.62 bits per heavy atom. The summed E-state index contributed by atoms with van der Waals surface area (Å²) in [5.41, 5.74) is 2.39. The molecule has 0 atom stereocenters. The molecule has 8 heteroatoms. The third-order valence-electron chi connectivity index (χ3n) is 3.31. The van der Waals surface area contributed by atoms with E-state index in [2.05, 4.69) is 9.71 Å². The molecular formula is C16H12F2N2O2S2. The van der Waals surface area contributed by atoms with Gasteiger partial charge in [-0.2, -0.15) is 11.3 Å². The lowest BCUT2D eigenvalue weighted by molar-refractivity contribution is 0.504. The van der Waals surface area contributed by atoms with Crippen LogP contribution in [0.15, 0.2) is 58.3 Å². The first-order chi connectivity index (χ1) is 11.5. The molecule has 24 heavy (non-hydrogen) atoms. The molecule has 0 saturated heterocycles. The van der Waals surface area contributed by atoms with E-state index >= 15 is 0 Å². The molecule has 1 N–H and O–H groups in total. The lowest BCUT2D eigenvalue weighted by atomic mass is 10.1. The van der Waals surface area contributed by atoms with Crippen LogP contribution in [0.2, 0.25) is 0 Å². The van der Waals surface area contributed by atoms with Crippen molar-refractivity contribution in [2.45, 2.75) is 11.4 Å². The summed E-state index contributed by atoms with van der Waals surface area (Å²) in [6.07, 6.45) is 1.59. The van der Waals surface area contributed by atoms with Crippen molar-refractivity contribution in [2.75, 3.05) is 0 Å². The van der Waals surface area contributed by atoms with E-state index in [1.54, 1.807) is 18.3 Å². The van der Waals surface area contributed by atoms with Crippen LogP contribution in [-0.2, 0) is 16.6 Å². The summed E-state index contributed by atoms with van der Waals surface area (Å²) in [6.45, 7) is 0.0149. The molecule has 1 aromatic carbocycles. The second kappa shape index (κ2) is 6.76. The number of aromatic nitrogens is 1.